The standard InChI is InChI=1S/C14H19N3O4/c1-5-20-12(18)11-10-8-17(7-9(10)6-15-16-11)13(19)21-14(2,3)4/h6H,5,7-8H2,1-4H3. The maximum atomic E-state index is 12.1. The van der Waals surface area contributed by atoms with Gasteiger partial charge in [-0.1, -0.05) is 0 Å². The van der Waals surface area contributed by atoms with Crippen molar-refractivity contribution in [3.05, 3.63) is 23.0 Å². The van der Waals surface area contributed by atoms with E-state index in [0.717, 1.165) is 5.56 Å². The number of fused-ring (bicyclic) bond motifs is 1. The minimum absolute atomic E-state index is 0.167. The van der Waals surface area contributed by atoms with Crippen molar-refractivity contribution < 1.29 is 19.1 Å². The van der Waals surface area contributed by atoms with Crippen molar-refractivity contribution in [2.24, 2.45) is 0 Å². The Morgan fingerprint density at radius 1 is 1.33 bits per heavy atom. The van der Waals surface area contributed by atoms with Gasteiger partial charge < -0.3 is 9.47 Å². The maximum absolute atomic E-state index is 12.1. The third-order valence-electron chi connectivity index (χ3n) is 2.88. The van der Waals surface area contributed by atoms with Crippen LogP contribution in [0.15, 0.2) is 6.20 Å². The van der Waals surface area contributed by atoms with E-state index in [9.17, 15) is 9.59 Å². The van der Waals surface area contributed by atoms with Crippen molar-refractivity contribution in [2.45, 2.75) is 46.4 Å². The molecular weight excluding hydrogens is 274 g/mol. The number of esters is 1. The highest BCUT2D eigenvalue weighted by atomic mass is 16.6. The fourth-order valence-corrected chi connectivity index (χ4v) is 2.03. The van der Waals surface area contributed by atoms with Crippen LogP contribution in [0.5, 0.6) is 0 Å². The summed E-state index contributed by atoms with van der Waals surface area (Å²) in [5, 5.41) is 7.63. The van der Waals surface area contributed by atoms with E-state index in [4.69, 9.17) is 9.47 Å². The summed E-state index contributed by atoms with van der Waals surface area (Å²) < 4.78 is 10.3. The van der Waals surface area contributed by atoms with E-state index in [1.165, 1.54) is 4.90 Å². The van der Waals surface area contributed by atoms with Crippen LogP contribution in [0.2, 0.25) is 0 Å². The number of rotatable bonds is 2. The summed E-state index contributed by atoms with van der Waals surface area (Å²) in [6, 6.07) is 0. The van der Waals surface area contributed by atoms with Crippen LogP contribution in [0.4, 0.5) is 4.79 Å². The summed E-state index contributed by atoms with van der Waals surface area (Å²) in [5.41, 5.74) is 1.07. The van der Waals surface area contributed by atoms with Crippen LogP contribution >= 0.6 is 0 Å². The van der Waals surface area contributed by atoms with Gasteiger partial charge in [0.25, 0.3) is 0 Å². The number of amides is 1. The van der Waals surface area contributed by atoms with Crippen molar-refractivity contribution in [1.82, 2.24) is 15.1 Å². The fourth-order valence-electron chi connectivity index (χ4n) is 2.03. The van der Waals surface area contributed by atoms with Gasteiger partial charge >= 0.3 is 12.1 Å². The average Bonchev–Trinajstić information content (AvgIpc) is 2.80. The second-order valence-electron chi connectivity index (χ2n) is 5.75. The highest BCUT2D eigenvalue weighted by molar-refractivity contribution is 5.89. The summed E-state index contributed by atoms with van der Waals surface area (Å²) >= 11 is 0. The third kappa shape index (κ3) is 3.48. The van der Waals surface area contributed by atoms with E-state index in [0.29, 0.717) is 12.1 Å². The number of ether oxygens (including phenoxy) is 2. The molecule has 0 fully saturated rings. The van der Waals surface area contributed by atoms with Crippen molar-refractivity contribution in [3.63, 3.8) is 0 Å². The van der Waals surface area contributed by atoms with Gasteiger partial charge in [-0.05, 0) is 33.3 Å². The Hall–Kier alpha value is -2.18. The van der Waals surface area contributed by atoms with Crippen LogP contribution in [0, 0.1) is 0 Å². The van der Waals surface area contributed by atoms with Crippen LogP contribution in [-0.4, -0.2) is 39.4 Å². The summed E-state index contributed by atoms with van der Waals surface area (Å²) in [4.78, 5) is 25.4. The molecule has 0 aliphatic carbocycles. The van der Waals surface area contributed by atoms with Crippen LogP contribution in [0.3, 0.4) is 0 Å². The Bertz CT molecular complexity index is 566. The molecule has 0 spiro atoms. The second-order valence-corrected chi connectivity index (χ2v) is 5.75. The van der Waals surface area contributed by atoms with E-state index < -0.39 is 17.7 Å². The molecule has 2 rings (SSSR count). The molecule has 0 atom stereocenters. The smallest absolute Gasteiger partial charge is 0.410 e. The minimum Gasteiger partial charge on any atom is -0.461 e. The predicted molar refractivity (Wildman–Crippen MR) is 73.5 cm³/mol. The lowest BCUT2D eigenvalue weighted by atomic mass is 10.1. The van der Waals surface area contributed by atoms with Gasteiger partial charge in [-0.2, -0.15) is 5.10 Å². The first kappa shape index (κ1) is 15.2. The number of carbonyl (C=O) groups is 2. The Morgan fingerprint density at radius 2 is 2.05 bits per heavy atom. The fraction of sp³-hybridized carbons (Fsp3) is 0.571. The summed E-state index contributed by atoms with van der Waals surface area (Å²) in [6.07, 6.45) is 1.14. The highest BCUT2D eigenvalue weighted by Crippen LogP contribution is 2.26. The molecule has 2 heterocycles. The van der Waals surface area contributed by atoms with Crippen LogP contribution in [0.1, 0.15) is 49.3 Å². The van der Waals surface area contributed by atoms with Gasteiger partial charge in [0.1, 0.15) is 5.60 Å². The number of nitrogens with zero attached hydrogens (tertiary/aromatic N) is 3. The van der Waals surface area contributed by atoms with E-state index in [1.807, 2.05) is 0 Å². The molecule has 0 aromatic carbocycles. The van der Waals surface area contributed by atoms with Crippen LogP contribution < -0.4 is 0 Å². The number of hydrogen-bond donors (Lipinski definition) is 0. The van der Waals surface area contributed by atoms with Crippen molar-refractivity contribution in [1.29, 1.82) is 0 Å². The summed E-state index contributed by atoms with van der Waals surface area (Å²) in [6.45, 7) is 8.03. The Balaban J connectivity index is 2.17. The Kier molecular flexibility index (Phi) is 4.11. The first-order valence-electron chi connectivity index (χ1n) is 6.80. The third-order valence-corrected chi connectivity index (χ3v) is 2.88. The van der Waals surface area contributed by atoms with Gasteiger partial charge in [-0.15, -0.1) is 5.10 Å². The van der Waals surface area contributed by atoms with Gasteiger partial charge in [0.2, 0.25) is 0 Å². The van der Waals surface area contributed by atoms with E-state index in [1.54, 1.807) is 33.9 Å². The lowest BCUT2D eigenvalue weighted by Crippen LogP contribution is -2.33. The molecule has 1 aliphatic heterocycles. The molecule has 0 radical (unpaired) electrons. The van der Waals surface area contributed by atoms with Crippen LogP contribution in [-0.2, 0) is 22.6 Å². The van der Waals surface area contributed by atoms with Crippen LogP contribution in [0.25, 0.3) is 0 Å². The molecule has 0 N–H and O–H groups in total. The number of carbonyl (C=O) groups excluding carboxylic acids is 2. The SMILES string of the molecule is CCOC(=O)c1nncc2c1CN(C(=O)OC(C)(C)C)C2. The molecule has 1 aromatic heterocycles. The molecular formula is C14H19N3O4. The molecule has 0 bridgehead atoms. The number of hydrogen-bond acceptors (Lipinski definition) is 6. The van der Waals surface area contributed by atoms with Gasteiger partial charge in [0.05, 0.1) is 25.9 Å². The van der Waals surface area contributed by atoms with Crippen molar-refractivity contribution >= 4 is 12.1 Å². The second kappa shape index (κ2) is 5.67. The normalized spacial score (nSPS) is 13.8. The molecule has 0 saturated heterocycles. The molecule has 1 aliphatic rings. The van der Waals surface area contributed by atoms with Crippen molar-refractivity contribution in [3.8, 4) is 0 Å². The monoisotopic (exact) mass is 293 g/mol. The van der Waals surface area contributed by atoms with Crippen molar-refractivity contribution in [2.75, 3.05) is 6.61 Å². The number of aromatic nitrogens is 2. The largest absolute Gasteiger partial charge is 0.461 e. The van der Waals surface area contributed by atoms with E-state index >= 15 is 0 Å². The summed E-state index contributed by atoms with van der Waals surface area (Å²) in [5.74, 6) is -0.520. The molecule has 0 unspecified atom stereocenters. The molecule has 1 aromatic rings. The van der Waals surface area contributed by atoms with Gasteiger partial charge in [-0.3, -0.25) is 4.90 Å². The zero-order chi connectivity index (χ0) is 15.6. The average molecular weight is 293 g/mol. The van der Waals surface area contributed by atoms with E-state index in [2.05, 4.69) is 10.2 Å². The van der Waals surface area contributed by atoms with E-state index in [-0.39, 0.29) is 18.8 Å². The summed E-state index contributed by atoms with van der Waals surface area (Å²) in [7, 11) is 0. The highest BCUT2D eigenvalue weighted by Gasteiger charge is 2.31. The first-order chi connectivity index (χ1) is 9.81. The molecule has 114 valence electrons. The Labute approximate surface area is 123 Å². The van der Waals surface area contributed by atoms with Gasteiger partial charge in [-0.25, -0.2) is 9.59 Å². The predicted octanol–water partition coefficient (Wildman–Crippen LogP) is 1.90. The molecule has 21 heavy (non-hydrogen) atoms. The quantitative estimate of drug-likeness (QED) is 0.775. The lowest BCUT2D eigenvalue weighted by molar-refractivity contribution is 0.0239. The molecule has 1 amide bonds. The molecule has 7 heteroatoms. The maximum Gasteiger partial charge on any atom is 0.410 e. The minimum atomic E-state index is -0.563. The molecule has 0 saturated carbocycles. The lowest BCUT2D eigenvalue weighted by Gasteiger charge is -2.24. The van der Waals surface area contributed by atoms with Gasteiger partial charge in [0.15, 0.2) is 5.69 Å². The Morgan fingerprint density at radius 3 is 2.67 bits per heavy atom. The zero-order valence-electron chi connectivity index (χ0n) is 12.7. The van der Waals surface area contributed by atoms with Gasteiger partial charge in [0, 0.05) is 5.56 Å². The molecule has 7 nitrogen and oxygen atoms in total. The zero-order valence-corrected chi connectivity index (χ0v) is 12.7. The first-order valence-corrected chi connectivity index (χ1v) is 6.80. The topological polar surface area (TPSA) is 81.6 Å².